The van der Waals surface area contributed by atoms with Gasteiger partial charge in [0, 0.05) is 6.20 Å². The highest BCUT2D eigenvalue weighted by Gasteiger charge is 2.36. The van der Waals surface area contributed by atoms with Gasteiger partial charge in [0.1, 0.15) is 0 Å². The molecule has 0 saturated heterocycles. The molecule has 12 heavy (non-hydrogen) atoms. The van der Waals surface area contributed by atoms with E-state index < -0.39 is 7.11 Å². The maximum absolute atomic E-state index is 12.1. The van der Waals surface area contributed by atoms with Crippen LogP contribution in [0.1, 0.15) is 11.1 Å². The summed E-state index contributed by atoms with van der Waals surface area (Å²) in [6.45, 7) is 3.21. The first-order chi connectivity index (χ1) is 5.39. The highest BCUT2D eigenvalue weighted by Crippen LogP contribution is 2.05. The van der Waals surface area contributed by atoms with E-state index in [0.29, 0.717) is 11.1 Å². The van der Waals surface area contributed by atoms with E-state index in [9.17, 15) is 12.9 Å². The topological polar surface area (TPSA) is 3.88 Å². The van der Waals surface area contributed by atoms with Crippen molar-refractivity contribution in [2.24, 2.45) is 0 Å². The minimum Gasteiger partial charge on any atom is -0.441 e. The molecule has 1 nitrogen and oxygen atoms in total. The van der Waals surface area contributed by atoms with E-state index in [2.05, 4.69) is 6.20 Å². The lowest BCUT2D eigenvalue weighted by Gasteiger charge is -2.15. The summed E-state index contributed by atoms with van der Waals surface area (Å²) in [5.74, 6) is 0. The van der Waals surface area contributed by atoms with Crippen molar-refractivity contribution >= 4 is 7.11 Å². The molecule has 0 radical (unpaired) electrons. The van der Waals surface area contributed by atoms with E-state index in [-0.39, 0.29) is 4.48 Å². The molecule has 0 aliphatic carbocycles. The van der Waals surface area contributed by atoms with Crippen LogP contribution in [0, 0.1) is 20.0 Å². The van der Waals surface area contributed by atoms with Crippen LogP contribution in [-0.2, 0) is 0 Å². The summed E-state index contributed by atoms with van der Waals surface area (Å²) in [6, 6.07) is 1.65. The fraction of sp³-hybridized carbons (Fsp3) is 0.286. The van der Waals surface area contributed by atoms with E-state index >= 15 is 0 Å². The van der Waals surface area contributed by atoms with Crippen molar-refractivity contribution in [1.29, 1.82) is 0 Å². The number of hydrogen-bond donors (Lipinski definition) is 0. The lowest BCUT2D eigenvalue weighted by atomic mass is 10.1. The number of pyridine rings is 1. The van der Waals surface area contributed by atoms with Crippen LogP contribution in [-0.4, -0.2) is 7.11 Å². The fourth-order valence-electron chi connectivity index (χ4n) is 1.02. The average Bonchev–Trinajstić information content (AvgIpc) is 1.82. The monoisotopic (exact) mass is 174 g/mol. The number of hydrogen-bond acceptors (Lipinski definition) is 0. The van der Waals surface area contributed by atoms with Gasteiger partial charge in [-0.25, -0.2) is 0 Å². The van der Waals surface area contributed by atoms with Gasteiger partial charge in [0.05, 0.1) is 6.20 Å². The van der Waals surface area contributed by atoms with Gasteiger partial charge in [-0.05, 0) is 0 Å². The van der Waals surface area contributed by atoms with Crippen molar-refractivity contribution in [3.8, 4) is 0 Å². The van der Waals surface area contributed by atoms with Crippen molar-refractivity contribution in [2.75, 3.05) is 0 Å². The Balaban J connectivity index is 3.18. The second-order valence-electron chi connectivity index (χ2n) is 2.76. The summed E-state index contributed by atoms with van der Waals surface area (Å²) < 4.78 is 36.6. The van der Waals surface area contributed by atoms with Gasteiger partial charge in [0.25, 0.3) is 0 Å². The average molecular weight is 174 g/mol. The van der Waals surface area contributed by atoms with Crippen molar-refractivity contribution < 1.29 is 17.4 Å². The Morgan fingerprint density at radius 2 is 1.92 bits per heavy atom. The van der Waals surface area contributed by atoms with E-state index in [1.807, 2.05) is 0 Å². The van der Waals surface area contributed by atoms with Gasteiger partial charge in [-0.1, -0.05) is 13.8 Å². The van der Waals surface area contributed by atoms with E-state index in [0.717, 1.165) is 6.20 Å². The zero-order valence-electron chi connectivity index (χ0n) is 6.81. The smallest absolute Gasteiger partial charge is 0.441 e. The largest absolute Gasteiger partial charge is 0.788 e. The number of aromatic nitrogens is 1. The van der Waals surface area contributed by atoms with Gasteiger partial charge < -0.3 is 17.4 Å². The zero-order valence-corrected chi connectivity index (χ0v) is 6.81. The highest BCUT2D eigenvalue weighted by molar-refractivity contribution is 6.48. The van der Waals surface area contributed by atoms with Crippen LogP contribution in [0.2, 0.25) is 0 Å². The van der Waals surface area contributed by atoms with Crippen molar-refractivity contribution in [2.45, 2.75) is 13.8 Å². The molecule has 0 atom stereocenters. The molecule has 0 aromatic carbocycles. The first kappa shape index (κ1) is 9.10. The predicted octanol–water partition coefficient (Wildman–Crippen LogP) is 1.58. The molecule has 0 aliphatic rings. The Bertz CT molecular complexity index is 275. The van der Waals surface area contributed by atoms with Crippen LogP contribution in [0.5, 0.6) is 0 Å². The maximum atomic E-state index is 12.1. The third kappa shape index (κ3) is 2.00. The third-order valence-corrected chi connectivity index (χ3v) is 1.41. The summed E-state index contributed by atoms with van der Waals surface area (Å²) in [4.78, 5) is 0. The van der Waals surface area contributed by atoms with Crippen LogP contribution >= 0.6 is 0 Å². The lowest BCUT2D eigenvalue weighted by molar-refractivity contribution is -0.581. The van der Waals surface area contributed by atoms with Gasteiger partial charge in [-0.3, -0.25) is 0 Å². The molecule has 0 N–H and O–H groups in total. The quantitative estimate of drug-likeness (QED) is 0.449. The van der Waals surface area contributed by atoms with Gasteiger partial charge in [-0.15, -0.1) is 11.1 Å². The minimum absolute atomic E-state index is 0.199. The van der Waals surface area contributed by atoms with Crippen LogP contribution in [0.15, 0.2) is 12.3 Å². The Morgan fingerprint density at radius 3 is 2.33 bits per heavy atom. The molecule has 0 unspecified atom stereocenters. The number of halogens is 3. The van der Waals surface area contributed by atoms with Gasteiger partial charge in [-0.2, -0.15) is 6.07 Å². The summed E-state index contributed by atoms with van der Waals surface area (Å²) in [5, 5.41) is 0. The third-order valence-electron chi connectivity index (χ3n) is 1.41. The molecule has 0 bridgehead atoms. The molecule has 0 fully saturated rings. The second-order valence-corrected chi connectivity index (χ2v) is 2.76. The molecular weight excluding hydrogens is 166 g/mol. The standard InChI is InChI=1S/C7H8BF3N/c1-6-3-7(2)5-12(4-6)8(9,10)11/h3-4H,1-2H3/q-1. The Morgan fingerprint density at radius 1 is 1.33 bits per heavy atom. The van der Waals surface area contributed by atoms with Crippen molar-refractivity contribution in [3.63, 3.8) is 0 Å². The molecule has 1 aromatic rings. The summed E-state index contributed by atoms with van der Waals surface area (Å²) in [6.07, 6.45) is 3.24. The second kappa shape index (κ2) is 2.81. The predicted molar refractivity (Wildman–Crippen MR) is 39.4 cm³/mol. The van der Waals surface area contributed by atoms with E-state index in [1.165, 1.54) is 0 Å². The zero-order chi connectivity index (χ0) is 9.35. The Kier molecular flexibility index (Phi) is 2.13. The molecule has 1 aromatic heterocycles. The van der Waals surface area contributed by atoms with Gasteiger partial charge in [0.2, 0.25) is 0 Å². The van der Waals surface area contributed by atoms with Crippen molar-refractivity contribution in [3.05, 3.63) is 29.6 Å². The molecule has 0 saturated carbocycles. The molecule has 1 heterocycles. The minimum atomic E-state index is -4.98. The van der Waals surface area contributed by atoms with E-state index in [1.54, 1.807) is 19.9 Å². The van der Waals surface area contributed by atoms with Crippen LogP contribution in [0.4, 0.5) is 12.9 Å². The maximum Gasteiger partial charge on any atom is 0.788 e. The summed E-state index contributed by atoms with van der Waals surface area (Å²) >= 11 is 0. The van der Waals surface area contributed by atoms with E-state index in [4.69, 9.17) is 0 Å². The number of rotatable bonds is 1. The number of nitrogens with zero attached hydrogens (tertiary/aromatic N) is 1. The molecule has 1 rings (SSSR count). The fourth-order valence-corrected chi connectivity index (χ4v) is 1.02. The van der Waals surface area contributed by atoms with Crippen molar-refractivity contribution in [1.82, 2.24) is 0 Å². The van der Waals surface area contributed by atoms with Crippen LogP contribution in [0.3, 0.4) is 0 Å². The molecule has 66 valence electrons. The normalized spacial score (nSPS) is 11.8. The SMILES string of the molecule is Cc1[c-][n+]([B-](F)(F)F)cc(C)c1. The number of aryl methyl sites for hydroxylation is 2. The Hall–Kier alpha value is -0.995. The van der Waals surface area contributed by atoms with Crippen LogP contribution < -0.4 is 4.48 Å². The molecule has 5 heteroatoms. The van der Waals surface area contributed by atoms with Crippen LogP contribution in [0.25, 0.3) is 0 Å². The molecule has 0 amide bonds. The molecule has 0 aliphatic heterocycles. The Labute approximate surface area is 68.9 Å². The van der Waals surface area contributed by atoms with Gasteiger partial charge >= 0.3 is 7.11 Å². The lowest BCUT2D eigenvalue weighted by Crippen LogP contribution is -2.55. The van der Waals surface area contributed by atoms with Gasteiger partial charge in [0.15, 0.2) is 0 Å². The first-order valence-electron chi connectivity index (χ1n) is 3.51. The summed E-state index contributed by atoms with van der Waals surface area (Å²) in [7, 11) is -4.98. The molecule has 0 spiro atoms. The first-order valence-corrected chi connectivity index (χ1v) is 3.51. The highest BCUT2D eigenvalue weighted by atomic mass is 19.4. The molecular formula is C7H8BF3N-. The summed E-state index contributed by atoms with van der Waals surface area (Å²) in [5.41, 5.74) is 1.08.